The Kier molecular flexibility index (Phi) is 3.85. The molecule has 0 aliphatic rings. The van der Waals surface area contributed by atoms with Crippen LogP contribution in [0.3, 0.4) is 0 Å². The van der Waals surface area contributed by atoms with Crippen molar-refractivity contribution in [2.75, 3.05) is 6.54 Å². The highest BCUT2D eigenvalue weighted by Gasteiger charge is 2.17. The van der Waals surface area contributed by atoms with Crippen molar-refractivity contribution in [2.24, 2.45) is 5.73 Å². The lowest BCUT2D eigenvalue weighted by molar-refractivity contribution is 0.412. The third-order valence-corrected chi connectivity index (χ3v) is 3.68. The maximum Gasteiger partial charge on any atom is 0.273 e. The monoisotopic (exact) mass is 270 g/mol. The summed E-state index contributed by atoms with van der Waals surface area (Å²) in [5.74, 6) is 1.15. The van der Waals surface area contributed by atoms with Crippen molar-refractivity contribution < 1.29 is 17.3 Å². The number of nitrogens with one attached hydrogen (secondary N) is 1. The molecule has 0 saturated carbocycles. The molecule has 2 heterocycles. The normalized spacial score (nSPS) is 11.8. The van der Waals surface area contributed by atoms with Gasteiger partial charge in [-0.2, -0.15) is 0 Å². The molecule has 3 N–H and O–H groups in total. The molecule has 0 amide bonds. The summed E-state index contributed by atoms with van der Waals surface area (Å²) in [6.07, 6.45) is 2.03. The first-order valence-corrected chi connectivity index (χ1v) is 6.91. The largest absolute Gasteiger partial charge is 0.469 e. The number of sulfonamides is 1. The molecular weight excluding hydrogens is 256 g/mol. The standard InChI is InChI=1S/C11H14N2O4S/c12-8-10-3-4-11(17-10)18(14,15)13-6-5-9-2-1-7-16-9/h1-4,7,13H,5-6,8,12H2. The van der Waals surface area contributed by atoms with E-state index in [1.807, 2.05) is 0 Å². The lowest BCUT2D eigenvalue weighted by atomic mass is 10.3. The summed E-state index contributed by atoms with van der Waals surface area (Å²) in [6, 6.07) is 6.47. The van der Waals surface area contributed by atoms with Crippen LogP contribution in [0.15, 0.2) is 44.5 Å². The van der Waals surface area contributed by atoms with Crippen LogP contribution in [0.5, 0.6) is 0 Å². The van der Waals surface area contributed by atoms with Crippen molar-refractivity contribution in [3.05, 3.63) is 42.0 Å². The quantitative estimate of drug-likeness (QED) is 0.811. The fraction of sp³-hybridized carbons (Fsp3) is 0.273. The molecule has 2 rings (SSSR count). The summed E-state index contributed by atoms with van der Waals surface area (Å²) in [4.78, 5) is 0. The van der Waals surface area contributed by atoms with Gasteiger partial charge in [0.1, 0.15) is 11.5 Å². The van der Waals surface area contributed by atoms with Gasteiger partial charge in [0, 0.05) is 13.0 Å². The molecule has 98 valence electrons. The highest BCUT2D eigenvalue weighted by atomic mass is 32.2. The topological polar surface area (TPSA) is 98.5 Å². The van der Waals surface area contributed by atoms with Crippen LogP contribution in [-0.4, -0.2) is 15.0 Å². The zero-order chi connectivity index (χ0) is 13.0. The molecule has 2 aromatic rings. The number of nitrogens with two attached hydrogens (primary N) is 1. The Labute approximate surface area is 105 Å². The third-order valence-electron chi connectivity index (χ3n) is 2.35. The minimum atomic E-state index is -3.62. The van der Waals surface area contributed by atoms with Crippen molar-refractivity contribution in [3.8, 4) is 0 Å². The van der Waals surface area contributed by atoms with Crippen molar-refractivity contribution >= 4 is 10.0 Å². The lowest BCUT2D eigenvalue weighted by Crippen LogP contribution is -2.25. The van der Waals surface area contributed by atoms with Gasteiger partial charge in [0.05, 0.1) is 12.8 Å². The van der Waals surface area contributed by atoms with E-state index in [1.54, 1.807) is 24.5 Å². The summed E-state index contributed by atoms with van der Waals surface area (Å²) in [6.45, 7) is 0.413. The van der Waals surface area contributed by atoms with Crippen LogP contribution in [0.1, 0.15) is 11.5 Å². The molecule has 0 radical (unpaired) electrons. The summed E-state index contributed by atoms with van der Waals surface area (Å²) >= 11 is 0. The van der Waals surface area contributed by atoms with Gasteiger partial charge in [0.15, 0.2) is 0 Å². The van der Waals surface area contributed by atoms with Gasteiger partial charge in [-0.15, -0.1) is 0 Å². The second-order valence-electron chi connectivity index (χ2n) is 3.65. The van der Waals surface area contributed by atoms with E-state index in [9.17, 15) is 8.42 Å². The molecule has 0 aliphatic carbocycles. The molecule has 0 atom stereocenters. The maximum absolute atomic E-state index is 11.8. The Bertz CT molecular complexity index is 586. The van der Waals surface area contributed by atoms with E-state index >= 15 is 0 Å². The van der Waals surface area contributed by atoms with Crippen LogP contribution in [0.2, 0.25) is 0 Å². The molecule has 0 saturated heterocycles. The number of furan rings is 2. The minimum Gasteiger partial charge on any atom is -0.469 e. The van der Waals surface area contributed by atoms with Crippen LogP contribution < -0.4 is 10.5 Å². The Hall–Kier alpha value is -1.57. The number of hydrogen-bond donors (Lipinski definition) is 2. The summed E-state index contributed by atoms with van der Waals surface area (Å²) < 4.78 is 36.2. The molecule has 6 nitrogen and oxygen atoms in total. The predicted octanol–water partition coefficient (Wildman–Crippen LogP) is 0.852. The lowest BCUT2D eigenvalue weighted by Gasteiger charge is -2.02. The summed E-state index contributed by atoms with van der Waals surface area (Å²) in [7, 11) is -3.62. The van der Waals surface area contributed by atoms with Crippen LogP contribution in [0.4, 0.5) is 0 Å². The second kappa shape index (κ2) is 5.38. The zero-order valence-electron chi connectivity index (χ0n) is 9.63. The van der Waals surface area contributed by atoms with Crippen molar-refractivity contribution in [3.63, 3.8) is 0 Å². The summed E-state index contributed by atoms with van der Waals surface area (Å²) in [5, 5.41) is -0.123. The molecule has 0 unspecified atom stereocenters. The molecule has 18 heavy (non-hydrogen) atoms. The van der Waals surface area contributed by atoms with Crippen LogP contribution in [0, 0.1) is 0 Å². The second-order valence-corrected chi connectivity index (χ2v) is 5.35. The van der Waals surface area contributed by atoms with E-state index in [-0.39, 0.29) is 18.2 Å². The number of rotatable bonds is 6. The SMILES string of the molecule is NCc1ccc(S(=O)(=O)NCCc2ccco2)o1. The Morgan fingerprint density at radius 1 is 1.22 bits per heavy atom. The first kappa shape index (κ1) is 12.9. The fourth-order valence-corrected chi connectivity index (χ4v) is 2.42. The molecule has 2 aromatic heterocycles. The van der Waals surface area contributed by atoms with Gasteiger partial charge in [-0.05, 0) is 24.3 Å². The van der Waals surface area contributed by atoms with Crippen LogP contribution in [-0.2, 0) is 23.0 Å². The molecule has 0 aliphatic heterocycles. The van der Waals surface area contributed by atoms with E-state index < -0.39 is 10.0 Å². The van der Waals surface area contributed by atoms with Crippen molar-refractivity contribution in [1.82, 2.24) is 4.72 Å². The van der Waals surface area contributed by atoms with E-state index in [1.165, 1.54) is 6.07 Å². The minimum absolute atomic E-state index is 0.123. The van der Waals surface area contributed by atoms with Crippen molar-refractivity contribution in [1.29, 1.82) is 0 Å². The van der Waals surface area contributed by atoms with Crippen molar-refractivity contribution in [2.45, 2.75) is 18.1 Å². The van der Waals surface area contributed by atoms with Crippen LogP contribution in [0.25, 0.3) is 0 Å². The Balaban J connectivity index is 1.95. The zero-order valence-corrected chi connectivity index (χ0v) is 10.4. The van der Waals surface area contributed by atoms with E-state index in [0.29, 0.717) is 12.2 Å². The fourth-order valence-electron chi connectivity index (χ4n) is 1.45. The van der Waals surface area contributed by atoms with E-state index in [0.717, 1.165) is 5.76 Å². The predicted molar refractivity (Wildman–Crippen MR) is 64.2 cm³/mol. The van der Waals surface area contributed by atoms with Gasteiger partial charge in [-0.3, -0.25) is 0 Å². The average Bonchev–Trinajstić information content (AvgIpc) is 2.99. The smallest absolute Gasteiger partial charge is 0.273 e. The van der Waals surface area contributed by atoms with Gasteiger partial charge >= 0.3 is 0 Å². The molecule has 0 aromatic carbocycles. The Morgan fingerprint density at radius 2 is 2.06 bits per heavy atom. The molecule has 0 spiro atoms. The molecule has 0 bridgehead atoms. The van der Waals surface area contributed by atoms with E-state index in [2.05, 4.69) is 4.72 Å². The van der Waals surface area contributed by atoms with Gasteiger partial charge in [-0.1, -0.05) is 0 Å². The first-order valence-electron chi connectivity index (χ1n) is 5.42. The molecule has 0 fully saturated rings. The highest BCUT2D eigenvalue weighted by Crippen LogP contribution is 2.13. The van der Waals surface area contributed by atoms with Gasteiger partial charge in [0.25, 0.3) is 10.0 Å². The maximum atomic E-state index is 11.8. The van der Waals surface area contributed by atoms with Crippen LogP contribution >= 0.6 is 0 Å². The van der Waals surface area contributed by atoms with Gasteiger partial charge in [-0.25, -0.2) is 13.1 Å². The number of hydrogen-bond acceptors (Lipinski definition) is 5. The third kappa shape index (κ3) is 3.00. The molecule has 7 heteroatoms. The highest BCUT2D eigenvalue weighted by molar-refractivity contribution is 7.89. The molecular formula is C11H14N2O4S. The first-order chi connectivity index (χ1) is 8.62. The summed E-state index contributed by atoms with van der Waals surface area (Å²) in [5.41, 5.74) is 5.35. The average molecular weight is 270 g/mol. The van der Waals surface area contributed by atoms with Gasteiger partial charge in [0.2, 0.25) is 5.09 Å². The van der Waals surface area contributed by atoms with Gasteiger partial charge < -0.3 is 14.6 Å². The Morgan fingerprint density at radius 3 is 2.67 bits per heavy atom. The van der Waals surface area contributed by atoms with E-state index in [4.69, 9.17) is 14.6 Å².